The standard InChI is InChI=1S/C17H13ClFN3O3S/c18-10-1-4-12(5-2-10)26(24,25)22-8-14-15(9-23)20-21-17(14)13-7-11(19)3-6-16(13)22/h1-7,23H,8-9H2,(H,20,21). The van der Waals surface area contributed by atoms with E-state index in [0.717, 1.165) is 0 Å². The highest BCUT2D eigenvalue weighted by atomic mass is 35.5. The number of nitrogens with zero attached hydrogens (tertiary/aromatic N) is 2. The SMILES string of the molecule is O=S(=O)(c1ccc(Cl)cc1)N1Cc2c(n[nH]c2CO)-c2cc(F)ccc21. The quantitative estimate of drug-likeness (QED) is 0.716. The topological polar surface area (TPSA) is 86.3 Å². The van der Waals surface area contributed by atoms with Crippen molar-refractivity contribution in [3.05, 3.63) is 64.6 Å². The zero-order valence-electron chi connectivity index (χ0n) is 13.3. The molecular formula is C17H13ClFN3O3S. The van der Waals surface area contributed by atoms with E-state index < -0.39 is 15.8 Å². The number of anilines is 1. The second kappa shape index (κ2) is 6.08. The minimum atomic E-state index is -3.92. The lowest BCUT2D eigenvalue weighted by Gasteiger charge is -2.30. The molecule has 2 N–H and O–H groups in total. The molecule has 1 aliphatic rings. The summed E-state index contributed by atoms with van der Waals surface area (Å²) in [6, 6.07) is 9.66. The van der Waals surface area contributed by atoms with Gasteiger partial charge in [0.1, 0.15) is 5.82 Å². The molecule has 0 spiro atoms. The highest BCUT2D eigenvalue weighted by molar-refractivity contribution is 7.92. The normalized spacial score (nSPS) is 13.4. The van der Waals surface area contributed by atoms with Crippen molar-refractivity contribution in [2.75, 3.05) is 4.31 Å². The van der Waals surface area contributed by atoms with Crippen molar-refractivity contribution in [3.8, 4) is 11.3 Å². The summed E-state index contributed by atoms with van der Waals surface area (Å²) in [6.07, 6.45) is 0. The van der Waals surface area contributed by atoms with Gasteiger partial charge in [0.2, 0.25) is 0 Å². The first-order valence-electron chi connectivity index (χ1n) is 7.67. The maximum Gasteiger partial charge on any atom is 0.264 e. The molecule has 6 nitrogen and oxygen atoms in total. The number of nitrogens with one attached hydrogen (secondary N) is 1. The number of sulfonamides is 1. The van der Waals surface area contributed by atoms with E-state index in [1.165, 1.54) is 46.8 Å². The lowest BCUT2D eigenvalue weighted by atomic mass is 10.00. The Hall–Kier alpha value is -2.42. The molecule has 0 saturated carbocycles. The number of rotatable bonds is 3. The fourth-order valence-electron chi connectivity index (χ4n) is 3.02. The van der Waals surface area contributed by atoms with Crippen molar-refractivity contribution < 1.29 is 17.9 Å². The Morgan fingerprint density at radius 1 is 1.23 bits per heavy atom. The summed E-state index contributed by atoms with van der Waals surface area (Å²) in [5.74, 6) is -0.506. The first-order valence-corrected chi connectivity index (χ1v) is 9.49. The number of halogens is 2. The summed E-state index contributed by atoms with van der Waals surface area (Å²) in [5.41, 5.74) is 2.02. The first kappa shape index (κ1) is 17.0. The van der Waals surface area contributed by atoms with Gasteiger partial charge in [-0.15, -0.1) is 0 Å². The maximum absolute atomic E-state index is 13.8. The Bertz CT molecular complexity index is 1100. The molecule has 0 amide bonds. The van der Waals surface area contributed by atoms with E-state index in [2.05, 4.69) is 10.2 Å². The van der Waals surface area contributed by atoms with Gasteiger partial charge in [0.15, 0.2) is 0 Å². The molecule has 0 radical (unpaired) electrons. The van der Waals surface area contributed by atoms with Gasteiger partial charge >= 0.3 is 0 Å². The molecule has 26 heavy (non-hydrogen) atoms. The monoisotopic (exact) mass is 393 g/mol. The van der Waals surface area contributed by atoms with Crippen LogP contribution in [0.25, 0.3) is 11.3 Å². The van der Waals surface area contributed by atoms with Crippen LogP contribution in [0, 0.1) is 5.82 Å². The van der Waals surface area contributed by atoms with Gasteiger partial charge in [-0.3, -0.25) is 9.40 Å². The summed E-state index contributed by atoms with van der Waals surface area (Å²) >= 11 is 5.85. The highest BCUT2D eigenvalue weighted by Crippen LogP contribution is 2.42. The number of aromatic nitrogens is 2. The molecule has 0 saturated heterocycles. The predicted molar refractivity (Wildman–Crippen MR) is 94.7 cm³/mol. The van der Waals surface area contributed by atoms with Gasteiger partial charge in [0, 0.05) is 16.1 Å². The van der Waals surface area contributed by atoms with E-state index in [-0.39, 0.29) is 18.0 Å². The van der Waals surface area contributed by atoms with E-state index in [1.54, 1.807) is 0 Å². The van der Waals surface area contributed by atoms with Gasteiger partial charge in [-0.05, 0) is 42.5 Å². The number of aromatic amines is 1. The highest BCUT2D eigenvalue weighted by Gasteiger charge is 2.34. The van der Waals surface area contributed by atoms with Crippen molar-refractivity contribution >= 4 is 27.3 Å². The van der Waals surface area contributed by atoms with Crippen LogP contribution in [0.5, 0.6) is 0 Å². The number of aliphatic hydroxyl groups is 1. The molecule has 4 rings (SSSR count). The second-order valence-corrected chi connectivity index (χ2v) is 8.11. The van der Waals surface area contributed by atoms with Crippen molar-refractivity contribution in [2.24, 2.45) is 0 Å². The van der Waals surface area contributed by atoms with Crippen LogP contribution in [0.3, 0.4) is 0 Å². The molecule has 0 fully saturated rings. The Kier molecular flexibility index (Phi) is 3.98. The Balaban J connectivity index is 1.92. The van der Waals surface area contributed by atoms with Crippen LogP contribution in [0.15, 0.2) is 47.4 Å². The Morgan fingerprint density at radius 2 is 1.96 bits per heavy atom. The van der Waals surface area contributed by atoms with Crippen LogP contribution in [0.4, 0.5) is 10.1 Å². The van der Waals surface area contributed by atoms with Crippen LogP contribution in [0.2, 0.25) is 5.02 Å². The minimum absolute atomic E-state index is 0.0225. The van der Waals surface area contributed by atoms with Crippen LogP contribution in [0.1, 0.15) is 11.3 Å². The van der Waals surface area contributed by atoms with Gasteiger partial charge in [0.25, 0.3) is 10.0 Å². The summed E-state index contributed by atoms with van der Waals surface area (Å²) in [7, 11) is -3.92. The number of hydrogen-bond acceptors (Lipinski definition) is 4. The van der Waals surface area contributed by atoms with Crippen molar-refractivity contribution in [3.63, 3.8) is 0 Å². The molecule has 1 aromatic heterocycles. The van der Waals surface area contributed by atoms with Crippen LogP contribution >= 0.6 is 11.6 Å². The largest absolute Gasteiger partial charge is 0.390 e. The number of benzene rings is 2. The first-order chi connectivity index (χ1) is 12.4. The Labute approximate surface area is 153 Å². The van der Waals surface area contributed by atoms with E-state index >= 15 is 0 Å². The summed E-state index contributed by atoms with van der Waals surface area (Å²) in [4.78, 5) is 0.0645. The lowest BCUT2D eigenvalue weighted by Crippen LogP contribution is -2.33. The third kappa shape index (κ3) is 2.57. The molecule has 0 atom stereocenters. The van der Waals surface area contributed by atoms with E-state index in [0.29, 0.717) is 33.2 Å². The van der Waals surface area contributed by atoms with Gasteiger partial charge in [-0.1, -0.05) is 11.6 Å². The number of H-pyrrole nitrogens is 1. The second-order valence-electron chi connectivity index (χ2n) is 5.81. The average Bonchev–Trinajstić information content (AvgIpc) is 3.04. The maximum atomic E-state index is 13.8. The zero-order chi connectivity index (χ0) is 18.5. The van der Waals surface area contributed by atoms with Gasteiger partial charge in [0.05, 0.1) is 35.1 Å². The fourth-order valence-corrected chi connectivity index (χ4v) is 4.60. The number of hydrogen-bond donors (Lipinski definition) is 2. The van der Waals surface area contributed by atoms with Crippen molar-refractivity contribution in [1.82, 2.24) is 10.2 Å². The molecule has 9 heteroatoms. The zero-order valence-corrected chi connectivity index (χ0v) is 14.9. The third-order valence-corrected chi connectivity index (χ3v) is 6.32. The molecule has 2 aromatic carbocycles. The number of fused-ring (bicyclic) bond motifs is 3. The lowest BCUT2D eigenvalue weighted by molar-refractivity contribution is 0.275. The number of aliphatic hydroxyl groups excluding tert-OH is 1. The molecule has 0 bridgehead atoms. The van der Waals surface area contributed by atoms with E-state index in [1.807, 2.05) is 0 Å². The van der Waals surface area contributed by atoms with E-state index in [9.17, 15) is 17.9 Å². The molecule has 0 aliphatic carbocycles. The van der Waals surface area contributed by atoms with Crippen molar-refractivity contribution in [1.29, 1.82) is 0 Å². The Morgan fingerprint density at radius 3 is 2.65 bits per heavy atom. The molecular weight excluding hydrogens is 381 g/mol. The van der Waals surface area contributed by atoms with Crippen LogP contribution in [-0.2, 0) is 23.2 Å². The third-order valence-electron chi connectivity index (χ3n) is 4.30. The predicted octanol–water partition coefficient (Wildman–Crippen LogP) is 3.07. The molecule has 1 aliphatic heterocycles. The van der Waals surface area contributed by atoms with Gasteiger partial charge in [-0.2, -0.15) is 5.10 Å². The summed E-state index contributed by atoms with van der Waals surface area (Å²) in [5, 5.41) is 16.7. The summed E-state index contributed by atoms with van der Waals surface area (Å²) in [6.45, 7) is -0.354. The van der Waals surface area contributed by atoms with Gasteiger partial charge < -0.3 is 5.11 Å². The molecule has 0 unspecified atom stereocenters. The van der Waals surface area contributed by atoms with Crippen LogP contribution < -0.4 is 4.31 Å². The fraction of sp³-hybridized carbons (Fsp3) is 0.118. The van der Waals surface area contributed by atoms with E-state index in [4.69, 9.17) is 11.6 Å². The minimum Gasteiger partial charge on any atom is -0.390 e. The molecule has 3 aromatic rings. The smallest absolute Gasteiger partial charge is 0.264 e. The van der Waals surface area contributed by atoms with Gasteiger partial charge in [-0.25, -0.2) is 12.8 Å². The summed E-state index contributed by atoms with van der Waals surface area (Å²) < 4.78 is 41.3. The average molecular weight is 394 g/mol. The van der Waals surface area contributed by atoms with Crippen molar-refractivity contribution in [2.45, 2.75) is 18.0 Å². The molecule has 134 valence electrons. The van der Waals surface area contributed by atoms with Crippen LogP contribution in [-0.4, -0.2) is 23.7 Å². The molecule has 2 heterocycles.